The van der Waals surface area contributed by atoms with E-state index in [1.807, 2.05) is 13.8 Å². The third-order valence-corrected chi connectivity index (χ3v) is 3.26. The van der Waals surface area contributed by atoms with Crippen LogP contribution in [0.1, 0.15) is 32.3 Å². The molecule has 0 radical (unpaired) electrons. The summed E-state index contributed by atoms with van der Waals surface area (Å²) in [6.45, 7) is 3.90. The van der Waals surface area contributed by atoms with Crippen LogP contribution in [-0.2, 0) is 5.41 Å². The highest BCUT2D eigenvalue weighted by Crippen LogP contribution is 2.54. The molecule has 1 aromatic heterocycles. The summed E-state index contributed by atoms with van der Waals surface area (Å²) in [5, 5.41) is 0. The molecule has 0 amide bonds. The predicted molar refractivity (Wildman–Crippen MR) is 53.4 cm³/mol. The standard InChI is InChI=1S/C11H15FN2/c1-10(2,13)11(5-6-11)8-4-3-7-14-9(8)12/h3-4,7H,5-6,13H2,1-2H3. The highest BCUT2D eigenvalue weighted by molar-refractivity contribution is 5.35. The lowest BCUT2D eigenvalue weighted by atomic mass is 9.80. The molecule has 3 heteroatoms. The SMILES string of the molecule is CC(C)(N)C1(c2cccnc2F)CC1. The monoisotopic (exact) mass is 194 g/mol. The van der Waals surface area contributed by atoms with Crippen LogP contribution in [0.15, 0.2) is 18.3 Å². The zero-order valence-corrected chi connectivity index (χ0v) is 8.55. The zero-order valence-electron chi connectivity index (χ0n) is 8.55. The largest absolute Gasteiger partial charge is 0.325 e. The molecule has 2 rings (SSSR count). The first kappa shape index (κ1) is 9.59. The van der Waals surface area contributed by atoms with Crippen LogP contribution < -0.4 is 5.73 Å². The Morgan fingerprint density at radius 2 is 2.14 bits per heavy atom. The van der Waals surface area contributed by atoms with Crippen molar-refractivity contribution >= 4 is 0 Å². The summed E-state index contributed by atoms with van der Waals surface area (Å²) in [7, 11) is 0. The third kappa shape index (κ3) is 1.23. The normalized spacial score (nSPS) is 19.4. The van der Waals surface area contributed by atoms with Gasteiger partial charge in [-0.3, -0.25) is 0 Å². The number of hydrogen-bond donors (Lipinski definition) is 1. The first-order chi connectivity index (χ1) is 6.47. The van der Waals surface area contributed by atoms with E-state index < -0.39 is 0 Å². The van der Waals surface area contributed by atoms with Gasteiger partial charge in [-0.25, -0.2) is 4.98 Å². The third-order valence-electron chi connectivity index (χ3n) is 3.26. The lowest BCUT2D eigenvalue weighted by molar-refractivity contribution is 0.374. The fourth-order valence-electron chi connectivity index (χ4n) is 2.13. The van der Waals surface area contributed by atoms with E-state index in [-0.39, 0.29) is 16.9 Å². The molecule has 1 heterocycles. The fourth-order valence-corrected chi connectivity index (χ4v) is 2.13. The summed E-state index contributed by atoms with van der Waals surface area (Å²) in [6.07, 6.45) is 3.39. The van der Waals surface area contributed by atoms with Crippen molar-refractivity contribution in [2.24, 2.45) is 5.73 Å². The Morgan fingerprint density at radius 3 is 2.57 bits per heavy atom. The van der Waals surface area contributed by atoms with Crippen molar-refractivity contribution in [3.05, 3.63) is 29.8 Å². The van der Waals surface area contributed by atoms with Crippen LogP contribution in [0.3, 0.4) is 0 Å². The summed E-state index contributed by atoms with van der Waals surface area (Å²) in [4.78, 5) is 3.68. The number of halogens is 1. The van der Waals surface area contributed by atoms with Gasteiger partial charge in [0.1, 0.15) is 0 Å². The van der Waals surface area contributed by atoms with Gasteiger partial charge in [0.2, 0.25) is 5.95 Å². The highest BCUT2D eigenvalue weighted by Gasteiger charge is 2.55. The molecular formula is C11H15FN2. The number of aromatic nitrogens is 1. The molecule has 1 aliphatic rings. The van der Waals surface area contributed by atoms with Gasteiger partial charge in [-0.15, -0.1) is 0 Å². The summed E-state index contributed by atoms with van der Waals surface area (Å²) < 4.78 is 13.5. The van der Waals surface area contributed by atoms with Gasteiger partial charge in [0.25, 0.3) is 0 Å². The maximum atomic E-state index is 13.5. The van der Waals surface area contributed by atoms with Gasteiger partial charge in [0, 0.05) is 22.7 Å². The van der Waals surface area contributed by atoms with Gasteiger partial charge in [0.05, 0.1) is 0 Å². The minimum absolute atomic E-state index is 0.189. The van der Waals surface area contributed by atoms with Crippen LogP contribution in [0.25, 0.3) is 0 Å². The summed E-state index contributed by atoms with van der Waals surface area (Å²) in [5.74, 6) is -0.372. The van der Waals surface area contributed by atoms with Crippen molar-refractivity contribution in [2.45, 2.75) is 37.6 Å². The maximum Gasteiger partial charge on any atom is 0.216 e. The average Bonchev–Trinajstić information content (AvgIpc) is 2.84. The summed E-state index contributed by atoms with van der Waals surface area (Å²) in [6, 6.07) is 3.56. The Morgan fingerprint density at radius 1 is 1.50 bits per heavy atom. The van der Waals surface area contributed by atoms with Crippen molar-refractivity contribution in [1.82, 2.24) is 4.98 Å². The first-order valence-corrected chi connectivity index (χ1v) is 4.87. The van der Waals surface area contributed by atoms with Crippen LogP contribution in [-0.4, -0.2) is 10.5 Å². The molecule has 0 atom stereocenters. The smallest absolute Gasteiger partial charge is 0.216 e. The molecule has 1 saturated carbocycles. The Labute approximate surface area is 83.3 Å². The second kappa shape index (κ2) is 2.76. The molecule has 0 unspecified atom stereocenters. The van der Waals surface area contributed by atoms with Gasteiger partial charge in [-0.1, -0.05) is 6.07 Å². The van der Waals surface area contributed by atoms with Crippen LogP contribution in [0.4, 0.5) is 4.39 Å². The zero-order chi connectivity index (χ0) is 10.4. The second-order valence-electron chi connectivity index (χ2n) is 4.65. The topological polar surface area (TPSA) is 38.9 Å². The second-order valence-corrected chi connectivity index (χ2v) is 4.65. The fraction of sp³-hybridized carbons (Fsp3) is 0.545. The molecule has 2 nitrogen and oxygen atoms in total. The van der Waals surface area contributed by atoms with E-state index in [2.05, 4.69) is 4.98 Å². The van der Waals surface area contributed by atoms with E-state index in [4.69, 9.17) is 5.73 Å². The molecule has 0 aromatic carbocycles. The van der Waals surface area contributed by atoms with Gasteiger partial charge in [-0.05, 0) is 32.8 Å². The van der Waals surface area contributed by atoms with E-state index in [1.54, 1.807) is 12.1 Å². The minimum atomic E-state index is -0.378. The minimum Gasteiger partial charge on any atom is -0.325 e. The molecule has 76 valence electrons. The van der Waals surface area contributed by atoms with E-state index in [9.17, 15) is 4.39 Å². The van der Waals surface area contributed by atoms with E-state index in [0.29, 0.717) is 5.56 Å². The number of pyridine rings is 1. The highest BCUT2D eigenvalue weighted by atomic mass is 19.1. The van der Waals surface area contributed by atoms with Crippen LogP contribution in [0.2, 0.25) is 0 Å². The van der Waals surface area contributed by atoms with E-state index in [1.165, 1.54) is 6.20 Å². The molecule has 0 bridgehead atoms. The van der Waals surface area contributed by atoms with Gasteiger partial charge in [-0.2, -0.15) is 4.39 Å². The van der Waals surface area contributed by atoms with Crippen LogP contribution >= 0.6 is 0 Å². The molecule has 1 aliphatic carbocycles. The van der Waals surface area contributed by atoms with E-state index >= 15 is 0 Å². The quantitative estimate of drug-likeness (QED) is 0.731. The molecule has 2 N–H and O–H groups in total. The van der Waals surface area contributed by atoms with Gasteiger partial charge < -0.3 is 5.73 Å². The summed E-state index contributed by atoms with van der Waals surface area (Å²) in [5.41, 5.74) is 6.19. The van der Waals surface area contributed by atoms with Crippen molar-refractivity contribution in [1.29, 1.82) is 0 Å². The van der Waals surface area contributed by atoms with Crippen molar-refractivity contribution in [2.75, 3.05) is 0 Å². The lowest BCUT2D eigenvalue weighted by Gasteiger charge is -2.31. The molecular weight excluding hydrogens is 179 g/mol. The van der Waals surface area contributed by atoms with Crippen LogP contribution in [0.5, 0.6) is 0 Å². The Hall–Kier alpha value is -0.960. The van der Waals surface area contributed by atoms with Crippen LogP contribution in [0, 0.1) is 5.95 Å². The first-order valence-electron chi connectivity index (χ1n) is 4.87. The Kier molecular flexibility index (Phi) is 1.89. The molecule has 0 spiro atoms. The summed E-state index contributed by atoms with van der Waals surface area (Å²) >= 11 is 0. The molecule has 0 aliphatic heterocycles. The molecule has 1 aromatic rings. The number of hydrogen-bond acceptors (Lipinski definition) is 2. The number of nitrogens with two attached hydrogens (primary N) is 1. The average molecular weight is 194 g/mol. The Balaban J connectivity index is 2.46. The van der Waals surface area contributed by atoms with E-state index in [0.717, 1.165) is 12.8 Å². The molecule has 14 heavy (non-hydrogen) atoms. The number of rotatable bonds is 2. The molecule has 1 fully saturated rings. The predicted octanol–water partition coefficient (Wildman–Crippen LogP) is 1.99. The van der Waals surface area contributed by atoms with Gasteiger partial charge >= 0.3 is 0 Å². The lowest BCUT2D eigenvalue weighted by Crippen LogP contribution is -2.45. The maximum absolute atomic E-state index is 13.5. The molecule has 0 saturated heterocycles. The number of nitrogens with zero attached hydrogens (tertiary/aromatic N) is 1. The van der Waals surface area contributed by atoms with Gasteiger partial charge in [0.15, 0.2) is 0 Å². The van der Waals surface area contributed by atoms with Crippen molar-refractivity contribution in [3.63, 3.8) is 0 Å². The Bertz CT molecular complexity index is 351. The van der Waals surface area contributed by atoms with Crippen molar-refractivity contribution < 1.29 is 4.39 Å². The van der Waals surface area contributed by atoms with Crippen molar-refractivity contribution in [3.8, 4) is 0 Å².